The molecule has 2 aromatic carbocycles. The summed E-state index contributed by atoms with van der Waals surface area (Å²) >= 11 is 9.09. The third-order valence-corrected chi connectivity index (χ3v) is 3.69. The van der Waals surface area contributed by atoms with Gasteiger partial charge in [-0.15, -0.1) is 0 Å². The van der Waals surface area contributed by atoms with Crippen LogP contribution >= 0.6 is 27.5 Å². The number of benzene rings is 2. The molecule has 1 N–H and O–H groups in total. The Kier molecular flexibility index (Phi) is 4.22. The predicted octanol–water partition coefficient (Wildman–Crippen LogP) is 4.80. The molecular weight excluding hydrogens is 333 g/mol. The Labute approximate surface area is 123 Å². The zero-order valence-electron chi connectivity index (χ0n) is 10.0. The van der Waals surface area contributed by atoms with E-state index in [4.69, 9.17) is 11.6 Å². The van der Waals surface area contributed by atoms with Gasteiger partial charge in [-0.25, -0.2) is 4.39 Å². The Bertz CT molecular complexity index is 645. The van der Waals surface area contributed by atoms with Crippen molar-refractivity contribution in [1.29, 1.82) is 0 Å². The highest BCUT2D eigenvalue weighted by molar-refractivity contribution is 9.10. The minimum absolute atomic E-state index is 0.135. The fourth-order valence-corrected chi connectivity index (χ4v) is 2.32. The molecule has 19 heavy (non-hydrogen) atoms. The lowest BCUT2D eigenvalue weighted by Gasteiger charge is -2.09. The van der Waals surface area contributed by atoms with Crippen LogP contribution in [0.5, 0.6) is 0 Å². The van der Waals surface area contributed by atoms with Crippen LogP contribution in [0.3, 0.4) is 0 Å². The van der Waals surface area contributed by atoms with E-state index in [0.29, 0.717) is 10.7 Å². The number of hydrogen-bond donors (Lipinski definition) is 1. The Balaban J connectivity index is 2.28. The molecule has 0 saturated heterocycles. The molecule has 0 bridgehead atoms. The molecule has 2 nitrogen and oxygen atoms in total. The standard InChI is InChI=1S/C14H10BrClFNO/c1-8-5-6-12(10(16)7-8)18-14(19)9-3-2-4-11(17)13(9)15/h2-7H,1H3,(H,18,19). The summed E-state index contributed by atoms with van der Waals surface area (Å²) in [5.74, 6) is -0.903. The Morgan fingerprint density at radius 2 is 2.05 bits per heavy atom. The normalized spacial score (nSPS) is 10.3. The van der Waals surface area contributed by atoms with Crippen molar-refractivity contribution in [2.24, 2.45) is 0 Å². The summed E-state index contributed by atoms with van der Waals surface area (Å²) in [6.07, 6.45) is 0. The maximum Gasteiger partial charge on any atom is 0.256 e. The monoisotopic (exact) mass is 341 g/mol. The van der Waals surface area contributed by atoms with Crippen molar-refractivity contribution in [2.45, 2.75) is 6.92 Å². The minimum Gasteiger partial charge on any atom is -0.321 e. The SMILES string of the molecule is Cc1ccc(NC(=O)c2cccc(F)c2Br)c(Cl)c1. The van der Waals surface area contributed by atoms with Gasteiger partial charge in [0.2, 0.25) is 0 Å². The van der Waals surface area contributed by atoms with Gasteiger partial charge < -0.3 is 5.32 Å². The Morgan fingerprint density at radius 1 is 1.32 bits per heavy atom. The Hall–Kier alpha value is -1.39. The summed E-state index contributed by atoms with van der Waals surface area (Å²) in [4.78, 5) is 12.1. The average Bonchev–Trinajstić information content (AvgIpc) is 2.36. The van der Waals surface area contributed by atoms with Crippen LogP contribution in [0.1, 0.15) is 15.9 Å². The lowest BCUT2D eigenvalue weighted by molar-refractivity contribution is 0.102. The highest BCUT2D eigenvalue weighted by Crippen LogP contribution is 2.25. The van der Waals surface area contributed by atoms with Crippen molar-refractivity contribution in [2.75, 3.05) is 5.32 Å². The minimum atomic E-state index is -0.484. The van der Waals surface area contributed by atoms with Gasteiger partial charge in [-0.3, -0.25) is 4.79 Å². The van der Waals surface area contributed by atoms with E-state index in [1.807, 2.05) is 13.0 Å². The number of hydrogen-bond acceptors (Lipinski definition) is 1. The summed E-state index contributed by atoms with van der Waals surface area (Å²) < 4.78 is 13.5. The Morgan fingerprint density at radius 3 is 2.74 bits per heavy atom. The van der Waals surface area contributed by atoms with Gasteiger partial charge in [-0.05, 0) is 52.7 Å². The average molecular weight is 343 g/mol. The van der Waals surface area contributed by atoms with Gasteiger partial charge in [0.25, 0.3) is 5.91 Å². The third kappa shape index (κ3) is 3.14. The highest BCUT2D eigenvalue weighted by atomic mass is 79.9. The smallest absolute Gasteiger partial charge is 0.256 e. The van der Waals surface area contributed by atoms with Crippen LogP contribution < -0.4 is 5.32 Å². The fourth-order valence-electron chi connectivity index (χ4n) is 1.59. The predicted molar refractivity (Wildman–Crippen MR) is 78.2 cm³/mol. The van der Waals surface area contributed by atoms with Crippen molar-refractivity contribution in [3.8, 4) is 0 Å². The molecule has 0 saturated carbocycles. The lowest BCUT2D eigenvalue weighted by atomic mass is 10.2. The quantitative estimate of drug-likeness (QED) is 0.834. The molecule has 2 aromatic rings. The molecule has 5 heteroatoms. The van der Waals surface area contributed by atoms with Gasteiger partial charge in [-0.1, -0.05) is 23.7 Å². The molecular formula is C14H10BrClFNO. The van der Waals surface area contributed by atoms with E-state index < -0.39 is 11.7 Å². The fraction of sp³-hybridized carbons (Fsp3) is 0.0714. The van der Waals surface area contributed by atoms with Crippen molar-refractivity contribution in [3.63, 3.8) is 0 Å². The zero-order valence-corrected chi connectivity index (χ0v) is 12.3. The molecule has 0 aromatic heterocycles. The molecule has 1 amide bonds. The molecule has 0 aliphatic rings. The summed E-state index contributed by atoms with van der Waals surface area (Å²) in [5, 5.41) is 3.10. The van der Waals surface area contributed by atoms with Crippen molar-refractivity contribution in [3.05, 3.63) is 62.8 Å². The first-order valence-electron chi connectivity index (χ1n) is 5.50. The second-order valence-corrected chi connectivity index (χ2v) is 5.24. The maximum atomic E-state index is 13.4. The number of carbonyl (C=O) groups is 1. The highest BCUT2D eigenvalue weighted by Gasteiger charge is 2.14. The second-order valence-electron chi connectivity index (χ2n) is 4.04. The van der Waals surface area contributed by atoms with Crippen LogP contribution in [0, 0.1) is 12.7 Å². The zero-order chi connectivity index (χ0) is 14.0. The molecule has 98 valence electrons. The number of carbonyl (C=O) groups excluding carboxylic acids is 1. The van der Waals surface area contributed by atoms with Crippen LogP contribution in [0.15, 0.2) is 40.9 Å². The van der Waals surface area contributed by atoms with Gasteiger partial charge in [-0.2, -0.15) is 0 Å². The van der Waals surface area contributed by atoms with Crippen molar-refractivity contribution >= 4 is 39.1 Å². The summed E-state index contributed by atoms with van der Waals surface area (Å²) in [6, 6.07) is 9.58. The largest absolute Gasteiger partial charge is 0.321 e. The number of amides is 1. The number of rotatable bonds is 2. The van der Waals surface area contributed by atoms with Crippen molar-refractivity contribution in [1.82, 2.24) is 0 Å². The first-order chi connectivity index (χ1) is 8.99. The van der Waals surface area contributed by atoms with Crippen LogP contribution in [0.4, 0.5) is 10.1 Å². The van der Waals surface area contributed by atoms with E-state index in [1.165, 1.54) is 18.2 Å². The lowest BCUT2D eigenvalue weighted by Crippen LogP contribution is -2.13. The third-order valence-electron chi connectivity index (χ3n) is 2.57. The van der Waals surface area contributed by atoms with Gasteiger partial charge in [0.1, 0.15) is 5.82 Å². The maximum absolute atomic E-state index is 13.4. The molecule has 0 atom stereocenters. The molecule has 0 aliphatic carbocycles. The molecule has 0 heterocycles. The van der Waals surface area contributed by atoms with E-state index in [9.17, 15) is 9.18 Å². The molecule has 2 rings (SSSR count). The van der Waals surface area contributed by atoms with Crippen LogP contribution in [0.25, 0.3) is 0 Å². The van der Waals surface area contributed by atoms with Crippen molar-refractivity contribution < 1.29 is 9.18 Å². The first-order valence-corrected chi connectivity index (χ1v) is 6.67. The van der Waals surface area contributed by atoms with Gasteiger partial charge in [0.05, 0.1) is 20.7 Å². The van der Waals surface area contributed by atoms with Crippen LogP contribution in [-0.4, -0.2) is 5.91 Å². The first kappa shape index (κ1) is 14.0. The number of halogens is 3. The topological polar surface area (TPSA) is 29.1 Å². The van der Waals surface area contributed by atoms with E-state index in [-0.39, 0.29) is 10.0 Å². The number of aryl methyl sites for hydroxylation is 1. The van der Waals surface area contributed by atoms with E-state index >= 15 is 0 Å². The number of nitrogens with one attached hydrogen (secondary N) is 1. The summed E-state index contributed by atoms with van der Waals surface area (Å²) in [5.41, 5.74) is 1.71. The van der Waals surface area contributed by atoms with Gasteiger partial charge in [0.15, 0.2) is 0 Å². The molecule has 0 unspecified atom stereocenters. The second kappa shape index (κ2) is 5.72. The van der Waals surface area contributed by atoms with E-state index in [0.717, 1.165) is 5.56 Å². The molecule has 0 aliphatic heterocycles. The van der Waals surface area contributed by atoms with E-state index in [2.05, 4.69) is 21.2 Å². The molecule has 0 fully saturated rings. The van der Waals surface area contributed by atoms with Gasteiger partial charge in [0, 0.05) is 0 Å². The van der Waals surface area contributed by atoms with E-state index in [1.54, 1.807) is 12.1 Å². The molecule has 0 spiro atoms. The summed E-state index contributed by atoms with van der Waals surface area (Å²) in [6.45, 7) is 1.90. The van der Waals surface area contributed by atoms with Crippen LogP contribution in [0.2, 0.25) is 5.02 Å². The van der Waals surface area contributed by atoms with Crippen LogP contribution in [-0.2, 0) is 0 Å². The number of anilines is 1. The van der Waals surface area contributed by atoms with Gasteiger partial charge >= 0.3 is 0 Å². The summed E-state index contributed by atoms with van der Waals surface area (Å²) in [7, 11) is 0. The molecule has 0 radical (unpaired) electrons.